The summed E-state index contributed by atoms with van der Waals surface area (Å²) in [5.41, 5.74) is 0.947. The van der Waals surface area contributed by atoms with E-state index in [9.17, 15) is 4.79 Å². The summed E-state index contributed by atoms with van der Waals surface area (Å²) < 4.78 is 3.80. The quantitative estimate of drug-likeness (QED) is 0.735. The van der Waals surface area contributed by atoms with Crippen molar-refractivity contribution >= 4 is 6.29 Å². The second kappa shape index (κ2) is 5.62. The highest BCUT2D eigenvalue weighted by Crippen LogP contribution is 2.14. The van der Waals surface area contributed by atoms with Gasteiger partial charge in [-0.1, -0.05) is 13.8 Å². The first-order valence-corrected chi connectivity index (χ1v) is 6.28. The lowest BCUT2D eigenvalue weighted by molar-refractivity contribution is 0.111. The van der Waals surface area contributed by atoms with Crippen LogP contribution in [0.1, 0.15) is 49.0 Å². The van der Waals surface area contributed by atoms with Crippen molar-refractivity contribution in [3.05, 3.63) is 36.2 Å². The first-order valence-electron chi connectivity index (χ1n) is 6.28. The van der Waals surface area contributed by atoms with Crippen LogP contribution in [0.4, 0.5) is 0 Å². The summed E-state index contributed by atoms with van der Waals surface area (Å²) in [4.78, 5) is 14.7. The molecule has 0 amide bonds. The molecular formula is C13H18N4O. The third-order valence-corrected chi connectivity index (χ3v) is 3.17. The van der Waals surface area contributed by atoms with E-state index in [1.165, 1.54) is 0 Å². The van der Waals surface area contributed by atoms with E-state index >= 15 is 0 Å². The molecule has 0 spiro atoms. The van der Waals surface area contributed by atoms with Gasteiger partial charge in [0.2, 0.25) is 0 Å². The van der Waals surface area contributed by atoms with Crippen LogP contribution in [-0.4, -0.2) is 25.6 Å². The van der Waals surface area contributed by atoms with Crippen LogP contribution in [0.2, 0.25) is 0 Å². The molecule has 0 bridgehead atoms. The molecule has 2 aromatic heterocycles. The zero-order valence-electron chi connectivity index (χ0n) is 10.8. The monoisotopic (exact) mass is 246 g/mol. The SMILES string of the molecule is CCC(CC)n1ccc(Cn2ccnc2C=O)n1. The molecule has 0 radical (unpaired) electrons. The van der Waals surface area contributed by atoms with Crippen LogP contribution in [0.3, 0.4) is 0 Å². The van der Waals surface area contributed by atoms with Gasteiger partial charge in [-0.15, -0.1) is 0 Å². The molecule has 0 unspecified atom stereocenters. The van der Waals surface area contributed by atoms with Crippen LogP contribution in [0, 0.1) is 0 Å². The first-order chi connectivity index (χ1) is 8.78. The molecule has 2 aromatic rings. The van der Waals surface area contributed by atoms with Gasteiger partial charge in [-0.25, -0.2) is 4.98 Å². The van der Waals surface area contributed by atoms with Crippen molar-refractivity contribution in [1.29, 1.82) is 0 Å². The van der Waals surface area contributed by atoms with Gasteiger partial charge in [0.1, 0.15) is 0 Å². The fraction of sp³-hybridized carbons (Fsp3) is 0.462. The number of carbonyl (C=O) groups is 1. The van der Waals surface area contributed by atoms with Crippen LogP contribution < -0.4 is 0 Å². The van der Waals surface area contributed by atoms with Crippen molar-refractivity contribution in [1.82, 2.24) is 19.3 Å². The number of carbonyl (C=O) groups excluding carboxylic acids is 1. The molecule has 0 atom stereocenters. The van der Waals surface area contributed by atoms with Crippen LogP contribution in [0.5, 0.6) is 0 Å². The van der Waals surface area contributed by atoms with Gasteiger partial charge in [-0.2, -0.15) is 5.10 Å². The summed E-state index contributed by atoms with van der Waals surface area (Å²) in [7, 11) is 0. The highest BCUT2D eigenvalue weighted by molar-refractivity contribution is 5.69. The van der Waals surface area contributed by atoms with Gasteiger partial charge in [0.15, 0.2) is 12.1 Å². The highest BCUT2D eigenvalue weighted by Gasteiger charge is 2.09. The van der Waals surface area contributed by atoms with Crippen molar-refractivity contribution in [2.75, 3.05) is 0 Å². The van der Waals surface area contributed by atoms with Gasteiger partial charge in [0.25, 0.3) is 0 Å². The molecule has 0 aliphatic heterocycles. The third kappa shape index (κ3) is 2.50. The van der Waals surface area contributed by atoms with E-state index < -0.39 is 0 Å². The second-order valence-corrected chi connectivity index (χ2v) is 4.29. The molecule has 5 heteroatoms. The lowest BCUT2D eigenvalue weighted by atomic mass is 10.2. The minimum atomic E-state index is 0.437. The lowest BCUT2D eigenvalue weighted by Crippen LogP contribution is -2.09. The number of aldehydes is 1. The second-order valence-electron chi connectivity index (χ2n) is 4.29. The molecule has 18 heavy (non-hydrogen) atoms. The Morgan fingerprint density at radius 1 is 1.33 bits per heavy atom. The van der Waals surface area contributed by atoms with E-state index in [-0.39, 0.29) is 0 Å². The highest BCUT2D eigenvalue weighted by atomic mass is 16.1. The Morgan fingerprint density at radius 2 is 2.11 bits per heavy atom. The van der Waals surface area contributed by atoms with Crippen LogP contribution in [0.25, 0.3) is 0 Å². The molecule has 0 aromatic carbocycles. The molecular weight excluding hydrogens is 228 g/mol. The van der Waals surface area contributed by atoms with E-state index in [0.29, 0.717) is 18.4 Å². The third-order valence-electron chi connectivity index (χ3n) is 3.17. The van der Waals surface area contributed by atoms with Crippen molar-refractivity contribution in [2.45, 2.75) is 39.3 Å². The maximum absolute atomic E-state index is 10.8. The van der Waals surface area contributed by atoms with Gasteiger partial charge in [-0.3, -0.25) is 9.48 Å². The van der Waals surface area contributed by atoms with Gasteiger partial charge in [-0.05, 0) is 18.9 Å². The number of rotatable bonds is 6. The molecule has 2 heterocycles. The van der Waals surface area contributed by atoms with Gasteiger partial charge < -0.3 is 4.57 Å². The molecule has 5 nitrogen and oxygen atoms in total. The molecule has 0 aliphatic rings. The summed E-state index contributed by atoms with van der Waals surface area (Å²) in [5, 5.41) is 4.55. The molecule has 96 valence electrons. The molecule has 0 aliphatic carbocycles. The smallest absolute Gasteiger partial charge is 0.185 e. The van der Waals surface area contributed by atoms with E-state index in [1.807, 2.05) is 16.9 Å². The fourth-order valence-corrected chi connectivity index (χ4v) is 2.07. The Labute approximate surface area is 106 Å². The average molecular weight is 246 g/mol. The van der Waals surface area contributed by atoms with Crippen molar-refractivity contribution in [2.24, 2.45) is 0 Å². The zero-order valence-corrected chi connectivity index (χ0v) is 10.8. The van der Waals surface area contributed by atoms with E-state index in [2.05, 4.69) is 23.9 Å². The number of hydrogen-bond acceptors (Lipinski definition) is 3. The normalized spacial score (nSPS) is 11.1. The molecule has 0 saturated heterocycles. The topological polar surface area (TPSA) is 52.7 Å². The molecule has 0 saturated carbocycles. The Morgan fingerprint density at radius 3 is 2.78 bits per heavy atom. The average Bonchev–Trinajstić information content (AvgIpc) is 3.01. The van der Waals surface area contributed by atoms with Gasteiger partial charge in [0, 0.05) is 18.6 Å². The van der Waals surface area contributed by atoms with Crippen molar-refractivity contribution in [3.8, 4) is 0 Å². The zero-order chi connectivity index (χ0) is 13.0. The predicted molar refractivity (Wildman–Crippen MR) is 68.6 cm³/mol. The number of nitrogens with zero attached hydrogens (tertiary/aromatic N) is 4. The Kier molecular flexibility index (Phi) is 3.92. The number of hydrogen-bond donors (Lipinski definition) is 0. The summed E-state index contributed by atoms with van der Waals surface area (Å²) in [6.45, 7) is 4.91. The summed E-state index contributed by atoms with van der Waals surface area (Å²) in [6.07, 6.45) is 8.33. The first kappa shape index (κ1) is 12.5. The standard InChI is InChI=1S/C13H18N4O/c1-3-12(4-2)17-7-5-11(15-17)9-16-8-6-14-13(16)10-18/h5-8,10,12H,3-4,9H2,1-2H3. The minimum absolute atomic E-state index is 0.437. The summed E-state index contributed by atoms with van der Waals surface area (Å²) >= 11 is 0. The van der Waals surface area contributed by atoms with Gasteiger partial charge >= 0.3 is 0 Å². The van der Waals surface area contributed by atoms with Gasteiger partial charge in [0.05, 0.1) is 18.3 Å². The Bertz CT molecular complexity index is 511. The molecule has 0 fully saturated rings. The van der Waals surface area contributed by atoms with Crippen LogP contribution >= 0.6 is 0 Å². The molecule has 2 rings (SSSR count). The van der Waals surface area contributed by atoms with E-state index in [0.717, 1.165) is 24.8 Å². The van der Waals surface area contributed by atoms with E-state index in [1.54, 1.807) is 17.0 Å². The summed E-state index contributed by atoms with van der Waals surface area (Å²) in [5.74, 6) is 0.437. The maximum atomic E-state index is 10.8. The Balaban J connectivity index is 2.13. The fourth-order valence-electron chi connectivity index (χ4n) is 2.07. The number of aromatic nitrogens is 4. The van der Waals surface area contributed by atoms with Crippen molar-refractivity contribution in [3.63, 3.8) is 0 Å². The van der Waals surface area contributed by atoms with Crippen LogP contribution in [0.15, 0.2) is 24.7 Å². The van der Waals surface area contributed by atoms with E-state index in [4.69, 9.17) is 0 Å². The number of imidazole rings is 1. The summed E-state index contributed by atoms with van der Waals surface area (Å²) in [6, 6.07) is 2.44. The largest absolute Gasteiger partial charge is 0.323 e. The minimum Gasteiger partial charge on any atom is -0.323 e. The predicted octanol–water partition coefficient (Wildman–Crippen LogP) is 2.30. The van der Waals surface area contributed by atoms with Crippen molar-refractivity contribution < 1.29 is 4.79 Å². The lowest BCUT2D eigenvalue weighted by Gasteiger charge is -2.12. The Hall–Kier alpha value is -1.91. The van der Waals surface area contributed by atoms with Crippen LogP contribution in [-0.2, 0) is 6.54 Å². The molecule has 0 N–H and O–H groups in total. The maximum Gasteiger partial charge on any atom is 0.185 e.